The van der Waals surface area contributed by atoms with E-state index in [-0.39, 0.29) is 19.0 Å². The fourth-order valence-corrected chi connectivity index (χ4v) is 1.77. The molecule has 7 nitrogen and oxygen atoms in total. The summed E-state index contributed by atoms with van der Waals surface area (Å²) < 4.78 is 0. The zero-order chi connectivity index (χ0) is 14.5. The van der Waals surface area contributed by atoms with Crippen molar-refractivity contribution in [2.24, 2.45) is 17.6 Å². The van der Waals surface area contributed by atoms with Crippen molar-refractivity contribution >= 4 is 17.8 Å². The van der Waals surface area contributed by atoms with Gasteiger partial charge in [0.15, 0.2) is 0 Å². The van der Waals surface area contributed by atoms with Crippen LogP contribution in [0.1, 0.15) is 20.8 Å². The fraction of sp³-hybridized carbons (Fsp3) is 0.727. The van der Waals surface area contributed by atoms with Crippen LogP contribution in [0.15, 0.2) is 0 Å². The second-order valence-electron chi connectivity index (χ2n) is 4.66. The van der Waals surface area contributed by atoms with Crippen LogP contribution in [-0.4, -0.2) is 52.1 Å². The van der Waals surface area contributed by atoms with E-state index in [1.807, 2.05) is 0 Å². The van der Waals surface area contributed by atoms with Gasteiger partial charge in [-0.15, -0.1) is 0 Å². The van der Waals surface area contributed by atoms with E-state index in [0.717, 1.165) is 0 Å². The lowest BCUT2D eigenvalue weighted by Gasteiger charge is -2.31. The molecule has 0 saturated carbocycles. The van der Waals surface area contributed by atoms with Crippen LogP contribution in [0.4, 0.5) is 0 Å². The Morgan fingerprint density at radius 1 is 1.11 bits per heavy atom. The number of primary amides is 1. The summed E-state index contributed by atoms with van der Waals surface area (Å²) in [5, 5.41) is 18.0. The van der Waals surface area contributed by atoms with Crippen molar-refractivity contribution in [2.75, 3.05) is 13.1 Å². The summed E-state index contributed by atoms with van der Waals surface area (Å²) in [5.41, 5.74) is 5.06. The molecule has 0 radical (unpaired) electrons. The fourth-order valence-electron chi connectivity index (χ4n) is 1.77. The lowest BCUT2D eigenvalue weighted by molar-refractivity contribution is -0.149. The van der Waals surface area contributed by atoms with Crippen LogP contribution < -0.4 is 5.73 Å². The molecule has 0 aliphatic heterocycles. The lowest BCUT2D eigenvalue weighted by atomic mass is 10.0. The molecule has 0 aromatic rings. The van der Waals surface area contributed by atoms with Gasteiger partial charge in [-0.05, 0) is 5.92 Å². The Morgan fingerprint density at radius 3 is 1.89 bits per heavy atom. The first-order valence-corrected chi connectivity index (χ1v) is 5.64. The zero-order valence-corrected chi connectivity index (χ0v) is 10.8. The van der Waals surface area contributed by atoms with Crippen LogP contribution in [0.2, 0.25) is 0 Å². The second-order valence-corrected chi connectivity index (χ2v) is 4.66. The summed E-state index contributed by atoms with van der Waals surface area (Å²) in [7, 11) is 0. The molecule has 0 aliphatic rings. The predicted octanol–water partition coefficient (Wildman–Crippen LogP) is -0.396. The summed E-state index contributed by atoms with van der Waals surface area (Å²) in [6.07, 6.45) is 0. The summed E-state index contributed by atoms with van der Waals surface area (Å²) in [6.45, 7) is 4.53. The molecule has 104 valence electrons. The van der Waals surface area contributed by atoms with Crippen LogP contribution in [0.25, 0.3) is 0 Å². The third kappa shape index (κ3) is 5.13. The standard InChI is InChI=1S/C11H20N2O5/c1-6(2)9(11(17)18)13(5-8(12)14)4-7(3)10(15)16/h6-7,9H,4-5H2,1-3H3,(H2,12,14)(H,15,16)(H,17,18). The monoisotopic (exact) mass is 260 g/mol. The van der Waals surface area contributed by atoms with Gasteiger partial charge in [-0.3, -0.25) is 19.3 Å². The van der Waals surface area contributed by atoms with E-state index >= 15 is 0 Å². The van der Waals surface area contributed by atoms with Crippen LogP contribution in [0.3, 0.4) is 0 Å². The topological polar surface area (TPSA) is 121 Å². The molecule has 0 rings (SSSR count). The lowest BCUT2D eigenvalue weighted by Crippen LogP contribution is -2.50. The summed E-state index contributed by atoms with van der Waals surface area (Å²) in [6, 6.07) is -0.931. The number of carboxylic acids is 2. The third-order valence-corrected chi connectivity index (χ3v) is 2.57. The molecular formula is C11H20N2O5. The highest BCUT2D eigenvalue weighted by Gasteiger charge is 2.31. The smallest absolute Gasteiger partial charge is 0.321 e. The molecule has 0 aromatic heterocycles. The van der Waals surface area contributed by atoms with Crippen LogP contribution in [0, 0.1) is 11.8 Å². The summed E-state index contributed by atoms with van der Waals surface area (Å²) in [5.74, 6) is -3.85. The number of aliphatic carboxylic acids is 2. The van der Waals surface area contributed by atoms with E-state index in [0.29, 0.717) is 0 Å². The minimum Gasteiger partial charge on any atom is -0.481 e. The van der Waals surface area contributed by atoms with Crippen molar-refractivity contribution in [1.82, 2.24) is 4.90 Å². The van der Waals surface area contributed by atoms with Crippen molar-refractivity contribution < 1.29 is 24.6 Å². The first-order chi connectivity index (χ1) is 8.16. The first-order valence-electron chi connectivity index (χ1n) is 5.64. The Kier molecular flexibility index (Phi) is 6.32. The molecule has 0 fully saturated rings. The summed E-state index contributed by atoms with van der Waals surface area (Å²) in [4.78, 5) is 34.2. The number of carboxylic acid groups (broad SMARTS) is 2. The number of hydrogen-bond acceptors (Lipinski definition) is 4. The molecule has 0 aliphatic carbocycles. The minimum absolute atomic E-state index is 0.0343. The molecule has 2 unspecified atom stereocenters. The number of carbonyl (C=O) groups is 3. The largest absolute Gasteiger partial charge is 0.481 e. The number of amides is 1. The van der Waals surface area contributed by atoms with E-state index in [4.69, 9.17) is 15.9 Å². The average Bonchev–Trinajstić information content (AvgIpc) is 2.14. The second kappa shape index (κ2) is 6.95. The SMILES string of the molecule is CC(CN(CC(N)=O)C(C(=O)O)C(C)C)C(=O)O. The van der Waals surface area contributed by atoms with E-state index in [9.17, 15) is 14.4 Å². The highest BCUT2D eigenvalue weighted by Crippen LogP contribution is 2.13. The Bertz CT molecular complexity index is 329. The van der Waals surface area contributed by atoms with Gasteiger partial charge in [0.05, 0.1) is 12.5 Å². The number of carbonyl (C=O) groups excluding carboxylic acids is 1. The highest BCUT2D eigenvalue weighted by molar-refractivity contribution is 5.79. The van der Waals surface area contributed by atoms with Crippen molar-refractivity contribution in [1.29, 1.82) is 0 Å². The van der Waals surface area contributed by atoms with Gasteiger partial charge in [-0.2, -0.15) is 0 Å². The van der Waals surface area contributed by atoms with Gasteiger partial charge in [0.2, 0.25) is 5.91 Å². The Hall–Kier alpha value is -1.63. The van der Waals surface area contributed by atoms with Gasteiger partial charge in [0.1, 0.15) is 6.04 Å². The Balaban J connectivity index is 5.00. The predicted molar refractivity (Wildman–Crippen MR) is 63.8 cm³/mol. The van der Waals surface area contributed by atoms with E-state index in [1.54, 1.807) is 13.8 Å². The quantitative estimate of drug-likeness (QED) is 0.546. The van der Waals surface area contributed by atoms with Gasteiger partial charge in [-0.25, -0.2) is 0 Å². The number of hydrogen-bond donors (Lipinski definition) is 3. The van der Waals surface area contributed by atoms with Gasteiger partial charge >= 0.3 is 11.9 Å². The van der Waals surface area contributed by atoms with Gasteiger partial charge < -0.3 is 15.9 Å². The molecule has 0 aromatic carbocycles. The molecular weight excluding hydrogens is 240 g/mol. The van der Waals surface area contributed by atoms with Crippen molar-refractivity contribution in [3.63, 3.8) is 0 Å². The maximum Gasteiger partial charge on any atom is 0.321 e. The van der Waals surface area contributed by atoms with Crippen molar-refractivity contribution in [3.8, 4) is 0 Å². The van der Waals surface area contributed by atoms with Crippen molar-refractivity contribution in [3.05, 3.63) is 0 Å². The Labute approximate surface area is 106 Å². The Morgan fingerprint density at radius 2 is 1.61 bits per heavy atom. The van der Waals surface area contributed by atoms with Crippen LogP contribution in [-0.2, 0) is 14.4 Å². The molecule has 1 amide bonds. The van der Waals surface area contributed by atoms with E-state index in [1.165, 1.54) is 11.8 Å². The molecule has 0 spiro atoms. The van der Waals surface area contributed by atoms with Gasteiger partial charge in [0, 0.05) is 6.54 Å². The minimum atomic E-state index is -1.09. The molecule has 7 heteroatoms. The molecule has 0 saturated heterocycles. The molecule has 2 atom stereocenters. The highest BCUT2D eigenvalue weighted by atomic mass is 16.4. The maximum atomic E-state index is 11.2. The molecule has 18 heavy (non-hydrogen) atoms. The maximum absolute atomic E-state index is 11.2. The third-order valence-electron chi connectivity index (χ3n) is 2.57. The number of rotatable bonds is 8. The van der Waals surface area contributed by atoms with Crippen LogP contribution in [0.5, 0.6) is 0 Å². The molecule has 4 N–H and O–H groups in total. The van der Waals surface area contributed by atoms with Crippen LogP contribution >= 0.6 is 0 Å². The van der Waals surface area contributed by atoms with E-state index < -0.39 is 29.8 Å². The average molecular weight is 260 g/mol. The summed E-state index contributed by atoms with van der Waals surface area (Å²) >= 11 is 0. The van der Waals surface area contributed by atoms with E-state index in [2.05, 4.69) is 0 Å². The zero-order valence-electron chi connectivity index (χ0n) is 10.8. The van der Waals surface area contributed by atoms with Crippen molar-refractivity contribution in [2.45, 2.75) is 26.8 Å². The van der Waals surface area contributed by atoms with Gasteiger partial charge in [-0.1, -0.05) is 20.8 Å². The molecule has 0 heterocycles. The first kappa shape index (κ1) is 16.4. The van der Waals surface area contributed by atoms with Gasteiger partial charge in [0.25, 0.3) is 0 Å². The molecule has 0 bridgehead atoms. The number of nitrogens with two attached hydrogens (primary N) is 1. The normalized spacial score (nSPS) is 14.5. The number of nitrogens with zero attached hydrogens (tertiary/aromatic N) is 1.